The number of halogens is 3. The van der Waals surface area contributed by atoms with Crippen molar-refractivity contribution >= 4 is 33.1 Å². The Hall–Kier alpha value is -2.00. The van der Waals surface area contributed by atoms with Gasteiger partial charge in [-0.1, -0.05) is 11.6 Å². The number of nitrogen functional groups attached to an aromatic ring is 1. The summed E-state index contributed by atoms with van der Waals surface area (Å²) in [6.45, 7) is 0. The van der Waals surface area contributed by atoms with Crippen LogP contribution in [0.15, 0.2) is 29.2 Å². The molecule has 0 fully saturated rings. The lowest BCUT2D eigenvalue weighted by atomic mass is 10.3. The van der Waals surface area contributed by atoms with Crippen LogP contribution in [0, 0.1) is 11.6 Å². The summed E-state index contributed by atoms with van der Waals surface area (Å²) < 4.78 is 52.4. The molecule has 0 saturated carbocycles. The highest BCUT2D eigenvalue weighted by atomic mass is 35.5. The van der Waals surface area contributed by atoms with Crippen molar-refractivity contribution < 1.29 is 17.2 Å². The standard InChI is InChI=1S/C10H7ClF2N4O2S/c11-9-1-2-10(16-15-9)17-20(18,19)8-4-7(14)5(12)3-6(8)13/h1-4H,14H2,(H,16,17). The van der Waals surface area contributed by atoms with Crippen LogP contribution in [0.1, 0.15) is 0 Å². The summed E-state index contributed by atoms with van der Waals surface area (Å²) in [5.74, 6) is -2.49. The van der Waals surface area contributed by atoms with E-state index >= 15 is 0 Å². The molecule has 0 saturated heterocycles. The minimum absolute atomic E-state index is 0.0603. The minimum atomic E-state index is -4.31. The van der Waals surface area contributed by atoms with E-state index < -0.39 is 32.2 Å². The summed E-state index contributed by atoms with van der Waals surface area (Å²) >= 11 is 5.49. The molecule has 1 aromatic heterocycles. The zero-order valence-electron chi connectivity index (χ0n) is 9.64. The van der Waals surface area contributed by atoms with E-state index in [1.54, 1.807) is 0 Å². The fraction of sp³-hybridized carbons (Fsp3) is 0. The summed E-state index contributed by atoms with van der Waals surface area (Å²) in [4.78, 5) is -0.798. The lowest BCUT2D eigenvalue weighted by Crippen LogP contribution is -2.16. The van der Waals surface area contributed by atoms with Gasteiger partial charge < -0.3 is 5.73 Å². The van der Waals surface area contributed by atoms with Crippen LogP contribution in [0.3, 0.4) is 0 Å². The Morgan fingerprint density at radius 1 is 1.15 bits per heavy atom. The number of anilines is 2. The van der Waals surface area contributed by atoms with Crippen LogP contribution in [0.4, 0.5) is 20.3 Å². The molecule has 0 atom stereocenters. The fourth-order valence-electron chi connectivity index (χ4n) is 1.31. The number of hydrogen-bond acceptors (Lipinski definition) is 5. The van der Waals surface area contributed by atoms with Crippen molar-refractivity contribution in [2.75, 3.05) is 10.5 Å². The molecule has 106 valence electrons. The van der Waals surface area contributed by atoms with Gasteiger partial charge >= 0.3 is 0 Å². The summed E-state index contributed by atoms with van der Waals surface area (Å²) in [6.07, 6.45) is 0. The third kappa shape index (κ3) is 2.94. The van der Waals surface area contributed by atoms with Crippen molar-refractivity contribution in [3.8, 4) is 0 Å². The normalized spacial score (nSPS) is 11.3. The van der Waals surface area contributed by atoms with Gasteiger partial charge in [0.15, 0.2) is 11.0 Å². The average Bonchev–Trinajstić information content (AvgIpc) is 2.36. The molecule has 1 aromatic carbocycles. The first-order valence-electron chi connectivity index (χ1n) is 5.06. The molecule has 0 spiro atoms. The van der Waals surface area contributed by atoms with Crippen molar-refractivity contribution in [1.29, 1.82) is 0 Å². The molecule has 0 bridgehead atoms. The van der Waals surface area contributed by atoms with Gasteiger partial charge in [0.2, 0.25) is 0 Å². The van der Waals surface area contributed by atoms with Crippen LogP contribution in [0.5, 0.6) is 0 Å². The largest absolute Gasteiger partial charge is 0.396 e. The molecule has 0 radical (unpaired) electrons. The maximum Gasteiger partial charge on any atom is 0.266 e. The summed E-state index contributed by atoms with van der Waals surface area (Å²) in [7, 11) is -4.31. The predicted molar refractivity (Wildman–Crippen MR) is 68.6 cm³/mol. The Bertz CT molecular complexity index is 753. The van der Waals surface area contributed by atoms with Crippen molar-refractivity contribution in [2.24, 2.45) is 0 Å². The predicted octanol–water partition coefficient (Wildman–Crippen LogP) is 1.79. The smallest absolute Gasteiger partial charge is 0.266 e. The molecule has 10 heteroatoms. The zero-order valence-corrected chi connectivity index (χ0v) is 11.2. The van der Waals surface area contributed by atoms with E-state index in [0.717, 1.165) is 0 Å². The first-order valence-corrected chi connectivity index (χ1v) is 6.92. The lowest BCUT2D eigenvalue weighted by molar-refractivity contribution is 0.553. The Morgan fingerprint density at radius 3 is 2.45 bits per heavy atom. The van der Waals surface area contributed by atoms with Gasteiger partial charge in [-0.05, 0) is 18.2 Å². The monoisotopic (exact) mass is 320 g/mol. The van der Waals surface area contributed by atoms with Crippen molar-refractivity contribution in [1.82, 2.24) is 10.2 Å². The quantitative estimate of drug-likeness (QED) is 0.840. The number of aromatic nitrogens is 2. The minimum Gasteiger partial charge on any atom is -0.396 e. The van der Waals surface area contributed by atoms with Gasteiger partial charge in [0.1, 0.15) is 16.5 Å². The van der Waals surface area contributed by atoms with Gasteiger partial charge in [0.25, 0.3) is 10.0 Å². The third-order valence-electron chi connectivity index (χ3n) is 2.21. The summed E-state index contributed by atoms with van der Waals surface area (Å²) in [5.41, 5.74) is 4.73. The maximum atomic E-state index is 13.5. The molecule has 0 unspecified atom stereocenters. The van der Waals surface area contributed by atoms with Crippen LogP contribution in [-0.2, 0) is 10.0 Å². The van der Waals surface area contributed by atoms with Crippen LogP contribution in [-0.4, -0.2) is 18.6 Å². The molecule has 3 N–H and O–H groups in total. The Kier molecular flexibility index (Phi) is 3.73. The topological polar surface area (TPSA) is 98.0 Å². The average molecular weight is 321 g/mol. The van der Waals surface area contributed by atoms with Gasteiger partial charge in [-0.25, -0.2) is 17.2 Å². The number of benzene rings is 1. The van der Waals surface area contributed by atoms with Gasteiger partial charge in [0.05, 0.1) is 5.69 Å². The SMILES string of the molecule is Nc1cc(S(=O)(=O)Nc2ccc(Cl)nn2)c(F)cc1F. The maximum absolute atomic E-state index is 13.5. The molecular weight excluding hydrogens is 314 g/mol. The lowest BCUT2D eigenvalue weighted by Gasteiger charge is -2.08. The highest BCUT2D eigenvalue weighted by molar-refractivity contribution is 7.92. The van der Waals surface area contributed by atoms with Crippen LogP contribution < -0.4 is 10.5 Å². The number of nitrogens with one attached hydrogen (secondary N) is 1. The summed E-state index contributed by atoms with van der Waals surface area (Å²) in [5, 5.41) is 6.94. The van der Waals surface area contributed by atoms with Crippen molar-refractivity contribution in [2.45, 2.75) is 4.90 Å². The molecule has 0 aliphatic heterocycles. The Morgan fingerprint density at radius 2 is 1.85 bits per heavy atom. The van der Waals surface area contributed by atoms with E-state index in [1.807, 2.05) is 4.72 Å². The second kappa shape index (κ2) is 5.17. The first-order chi connectivity index (χ1) is 9.29. The van der Waals surface area contributed by atoms with E-state index in [4.69, 9.17) is 17.3 Å². The second-order valence-corrected chi connectivity index (χ2v) is 5.69. The van der Waals surface area contributed by atoms with Gasteiger partial charge in [-0.3, -0.25) is 4.72 Å². The Balaban J connectivity index is 2.40. The molecule has 1 heterocycles. The van der Waals surface area contributed by atoms with E-state index in [-0.39, 0.29) is 11.0 Å². The Labute approximate surface area is 117 Å². The molecule has 2 aromatic rings. The van der Waals surface area contributed by atoms with E-state index in [0.29, 0.717) is 12.1 Å². The highest BCUT2D eigenvalue weighted by Gasteiger charge is 2.22. The number of nitrogens with two attached hydrogens (primary N) is 1. The molecule has 20 heavy (non-hydrogen) atoms. The third-order valence-corrected chi connectivity index (χ3v) is 3.78. The fourth-order valence-corrected chi connectivity index (χ4v) is 2.51. The summed E-state index contributed by atoms with van der Waals surface area (Å²) in [6, 6.07) is 3.59. The highest BCUT2D eigenvalue weighted by Crippen LogP contribution is 2.22. The molecule has 0 amide bonds. The van der Waals surface area contributed by atoms with Gasteiger partial charge in [0, 0.05) is 6.07 Å². The number of hydrogen-bond donors (Lipinski definition) is 2. The second-order valence-electron chi connectivity index (χ2n) is 3.65. The van der Waals surface area contributed by atoms with Crippen molar-refractivity contribution in [3.63, 3.8) is 0 Å². The molecule has 2 rings (SSSR count). The molecular formula is C10H7ClF2N4O2S. The van der Waals surface area contributed by atoms with E-state index in [1.165, 1.54) is 12.1 Å². The van der Waals surface area contributed by atoms with Crippen LogP contribution >= 0.6 is 11.6 Å². The number of rotatable bonds is 3. The van der Waals surface area contributed by atoms with Crippen molar-refractivity contribution in [3.05, 3.63) is 41.1 Å². The molecule has 0 aliphatic carbocycles. The number of nitrogens with zero attached hydrogens (tertiary/aromatic N) is 2. The van der Waals surface area contributed by atoms with E-state index in [2.05, 4.69) is 10.2 Å². The molecule has 6 nitrogen and oxygen atoms in total. The number of sulfonamides is 1. The van der Waals surface area contributed by atoms with Gasteiger partial charge in [-0.15, -0.1) is 10.2 Å². The molecule has 0 aliphatic rings. The van der Waals surface area contributed by atoms with Crippen LogP contribution in [0.25, 0.3) is 0 Å². The van der Waals surface area contributed by atoms with Gasteiger partial charge in [-0.2, -0.15) is 0 Å². The zero-order chi connectivity index (χ0) is 14.9. The van der Waals surface area contributed by atoms with E-state index in [9.17, 15) is 17.2 Å². The first kappa shape index (κ1) is 14.4. The van der Waals surface area contributed by atoms with Crippen LogP contribution in [0.2, 0.25) is 5.15 Å².